The summed E-state index contributed by atoms with van der Waals surface area (Å²) in [6, 6.07) is 5.24. The zero-order chi connectivity index (χ0) is 23.7. The van der Waals surface area contributed by atoms with Gasteiger partial charge in [-0.15, -0.1) is 0 Å². The van der Waals surface area contributed by atoms with Gasteiger partial charge in [-0.05, 0) is 48.7 Å². The molecule has 0 saturated carbocycles. The summed E-state index contributed by atoms with van der Waals surface area (Å²) in [7, 11) is 1.36. The number of benzene rings is 2. The molecule has 11 heteroatoms. The van der Waals surface area contributed by atoms with E-state index in [1.165, 1.54) is 24.1 Å². The van der Waals surface area contributed by atoms with Crippen LogP contribution in [0.3, 0.4) is 0 Å². The first kappa shape index (κ1) is 23.6. The maximum atomic E-state index is 13.0. The van der Waals surface area contributed by atoms with Crippen LogP contribution in [0.25, 0.3) is 0 Å². The van der Waals surface area contributed by atoms with Crippen LogP contribution in [-0.2, 0) is 28.3 Å². The zero-order valence-corrected chi connectivity index (χ0v) is 16.7. The van der Waals surface area contributed by atoms with Crippen molar-refractivity contribution >= 4 is 23.2 Å². The van der Waals surface area contributed by atoms with E-state index >= 15 is 0 Å². The van der Waals surface area contributed by atoms with Crippen LogP contribution in [0.1, 0.15) is 33.5 Å². The average Bonchev–Trinajstić information content (AvgIpc) is 2.71. The van der Waals surface area contributed by atoms with Gasteiger partial charge in [0.1, 0.15) is 6.61 Å². The summed E-state index contributed by atoms with van der Waals surface area (Å²) in [4.78, 5) is 26.3. The SMILES string of the molecule is COCC(=O)N1CCCc2ccc(NC(=O)c3cc(C(F)(F)F)cc(C(F)(F)F)c3)cc21. The number of aryl methyl sites for hydroxylation is 1. The molecule has 1 aliphatic heterocycles. The summed E-state index contributed by atoms with van der Waals surface area (Å²) in [5, 5.41) is 2.31. The van der Waals surface area contributed by atoms with Gasteiger partial charge in [0.05, 0.1) is 11.1 Å². The Morgan fingerprint density at radius 3 is 2.19 bits per heavy atom. The predicted octanol–water partition coefficient (Wildman–Crippen LogP) is 4.90. The minimum absolute atomic E-state index is 0.0467. The normalized spacial score (nSPS) is 14.2. The number of amides is 2. The lowest BCUT2D eigenvalue weighted by atomic mass is 10.0. The van der Waals surface area contributed by atoms with E-state index in [1.54, 1.807) is 6.07 Å². The summed E-state index contributed by atoms with van der Waals surface area (Å²) in [6.07, 6.45) is -8.75. The van der Waals surface area contributed by atoms with E-state index in [1.807, 2.05) is 0 Å². The predicted molar refractivity (Wildman–Crippen MR) is 103 cm³/mol. The number of nitrogens with zero attached hydrogens (tertiary/aromatic N) is 1. The van der Waals surface area contributed by atoms with Crippen LogP contribution in [0.2, 0.25) is 0 Å². The van der Waals surface area contributed by atoms with Gasteiger partial charge >= 0.3 is 12.4 Å². The number of ether oxygens (including phenoxy) is 1. The van der Waals surface area contributed by atoms with Crippen LogP contribution >= 0.6 is 0 Å². The first-order valence-corrected chi connectivity index (χ1v) is 9.43. The fraction of sp³-hybridized carbons (Fsp3) is 0.333. The van der Waals surface area contributed by atoms with Gasteiger partial charge in [0.2, 0.25) is 0 Å². The molecule has 0 unspecified atom stereocenters. The summed E-state index contributed by atoms with van der Waals surface area (Å²) in [5.41, 5.74) is -2.53. The lowest BCUT2D eigenvalue weighted by molar-refractivity contribution is -0.143. The van der Waals surface area contributed by atoms with Crippen LogP contribution in [0.15, 0.2) is 36.4 Å². The molecule has 0 fully saturated rings. The molecule has 0 aliphatic carbocycles. The number of rotatable bonds is 4. The molecule has 172 valence electrons. The van der Waals surface area contributed by atoms with Crippen LogP contribution in [0.4, 0.5) is 37.7 Å². The highest BCUT2D eigenvalue weighted by Crippen LogP contribution is 2.37. The lowest BCUT2D eigenvalue weighted by Crippen LogP contribution is -2.37. The Morgan fingerprint density at radius 1 is 1.00 bits per heavy atom. The molecule has 1 heterocycles. The minimum atomic E-state index is -5.07. The van der Waals surface area contributed by atoms with Gasteiger partial charge < -0.3 is 15.0 Å². The Balaban J connectivity index is 1.93. The van der Waals surface area contributed by atoms with Crippen molar-refractivity contribution in [3.05, 3.63) is 58.7 Å². The smallest absolute Gasteiger partial charge is 0.375 e. The van der Waals surface area contributed by atoms with Crippen molar-refractivity contribution in [2.24, 2.45) is 0 Å². The zero-order valence-electron chi connectivity index (χ0n) is 16.7. The third kappa shape index (κ3) is 5.21. The number of nitrogens with one attached hydrogen (secondary N) is 1. The molecular formula is C21H18F6N2O3. The van der Waals surface area contributed by atoms with Crippen LogP contribution in [-0.4, -0.2) is 32.1 Å². The summed E-state index contributed by atoms with van der Waals surface area (Å²) >= 11 is 0. The van der Waals surface area contributed by atoms with Crippen molar-refractivity contribution in [3.8, 4) is 0 Å². The van der Waals surface area contributed by atoms with E-state index < -0.39 is 35.0 Å². The van der Waals surface area contributed by atoms with Gasteiger partial charge in [-0.2, -0.15) is 26.3 Å². The molecule has 0 radical (unpaired) electrons. The second kappa shape index (κ2) is 8.81. The summed E-state index contributed by atoms with van der Waals surface area (Å²) in [6.45, 7) is 0.246. The Bertz CT molecular complexity index is 1000. The molecule has 1 aliphatic rings. The van der Waals surface area contributed by atoms with Crippen LogP contribution in [0.5, 0.6) is 0 Å². The van der Waals surface area contributed by atoms with Gasteiger partial charge in [0.25, 0.3) is 11.8 Å². The number of hydrogen-bond acceptors (Lipinski definition) is 3. The number of carbonyl (C=O) groups is 2. The van der Waals surface area contributed by atoms with Crippen molar-refractivity contribution < 1.29 is 40.7 Å². The minimum Gasteiger partial charge on any atom is -0.375 e. The number of anilines is 2. The van der Waals surface area contributed by atoms with Crippen molar-refractivity contribution in [2.45, 2.75) is 25.2 Å². The molecule has 0 bridgehead atoms. The molecule has 5 nitrogen and oxygen atoms in total. The Hall–Kier alpha value is -3.08. The molecule has 0 atom stereocenters. The number of fused-ring (bicyclic) bond motifs is 1. The van der Waals surface area contributed by atoms with E-state index in [-0.39, 0.29) is 24.3 Å². The monoisotopic (exact) mass is 460 g/mol. The van der Waals surface area contributed by atoms with Crippen LogP contribution < -0.4 is 10.2 Å². The molecule has 0 saturated heterocycles. The number of methoxy groups -OCH3 is 1. The maximum Gasteiger partial charge on any atom is 0.416 e. The maximum absolute atomic E-state index is 13.0. The van der Waals surface area contributed by atoms with Gasteiger partial charge in [-0.25, -0.2) is 0 Å². The fourth-order valence-electron chi connectivity index (χ4n) is 3.40. The lowest BCUT2D eigenvalue weighted by Gasteiger charge is -2.30. The molecule has 2 amide bonds. The number of halogens is 6. The molecule has 0 spiro atoms. The van der Waals surface area contributed by atoms with Crippen molar-refractivity contribution in [3.63, 3.8) is 0 Å². The third-order valence-corrected chi connectivity index (χ3v) is 4.88. The fourth-order valence-corrected chi connectivity index (χ4v) is 3.40. The van der Waals surface area contributed by atoms with Gasteiger partial charge in [-0.3, -0.25) is 9.59 Å². The molecule has 1 N–H and O–H groups in total. The quantitative estimate of drug-likeness (QED) is 0.661. The molecule has 32 heavy (non-hydrogen) atoms. The Morgan fingerprint density at radius 2 is 1.62 bits per heavy atom. The highest BCUT2D eigenvalue weighted by atomic mass is 19.4. The third-order valence-electron chi connectivity index (χ3n) is 4.88. The second-order valence-corrected chi connectivity index (χ2v) is 7.17. The number of carbonyl (C=O) groups excluding carboxylic acids is 2. The van der Waals surface area contributed by atoms with Gasteiger partial charge in [0, 0.05) is 30.6 Å². The summed E-state index contributed by atoms with van der Waals surface area (Å²) < 4.78 is 83.2. The first-order valence-electron chi connectivity index (χ1n) is 9.43. The average molecular weight is 460 g/mol. The molecule has 2 aromatic rings. The summed E-state index contributed by atoms with van der Waals surface area (Å²) in [5.74, 6) is -1.46. The molecular weight excluding hydrogens is 442 g/mol. The number of alkyl halides is 6. The topological polar surface area (TPSA) is 58.6 Å². The van der Waals surface area contributed by atoms with E-state index in [9.17, 15) is 35.9 Å². The standard InChI is InChI=1S/C21H18F6N2O3/c1-32-11-18(30)29-6-2-3-12-4-5-16(10-17(12)29)28-19(31)13-7-14(20(22,23)24)9-15(8-13)21(25,26)27/h4-5,7-10H,2-3,6,11H2,1H3,(H,28,31). The molecule has 3 rings (SSSR count). The van der Waals surface area contributed by atoms with Crippen LogP contribution in [0, 0.1) is 0 Å². The van der Waals surface area contributed by atoms with Crippen molar-refractivity contribution in [1.29, 1.82) is 0 Å². The first-order chi connectivity index (χ1) is 14.9. The van der Waals surface area contributed by atoms with E-state index in [0.717, 1.165) is 5.56 Å². The Kier molecular flexibility index (Phi) is 6.49. The Labute approximate surface area is 179 Å². The van der Waals surface area contributed by atoms with Gasteiger partial charge in [0.15, 0.2) is 0 Å². The number of hydrogen-bond donors (Lipinski definition) is 1. The van der Waals surface area contributed by atoms with E-state index in [0.29, 0.717) is 37.2 Å². The molecule has 2 aromatic carbocycles. The van der Waals surface area contributed by atoms with E-state index in [4.69, 9.17) is 4.74 Å². The van der Waals surface area contributed by atoms with Gasteiger partial charge in [-0.1, -0.05) is 6.07 Å². The second-order valence-electron chi connectivity index (χ2n) is 7.17. The molecule has 0 aromatic heterocycles. The highest BCUT2D eigenvalue weighted by Gasteiger charge is 2.37. The highest BCUT2D eigenvalue weighted by molar-refractivity contribution is 6.05. The van der Waals surface area contributed by atoms with Crippen molar-refractivity contribution in [2.75, 3.05) is 30.5 Å². The van der Waals surface area contributed by atoms with E-state index in [2.05, 4.69) is 5.32 Å². The largest absolute Gasteiger partial charge is 0.416 e. The van der Waals surface area contributed by atoms with Crippen molar-refractivity contribution in [1.82, 2.24) is 0 Å².